The number of hydrogen-bond donors (Lipinski definition) is 2. The molecule has 2 N–H and O–H groups in total. The number of benzene rings is 1. The van der Waals surface area contributed by atoms with Gasteiger partial charge in [0.05, 0.1) is 22.2 Å². The molecule has 0 spiro atoms. The lowest BCUT2D eigenvalue weighted by Gasteiger charge is -2.03. The van der Waals surface area contributed by atoms with E-state index in [4.69, 9.17) is 0 Å². The zero-order valence-corrected chi connectivity index (χ0v) is 17.3. The van der Waals surface area contributed by atoms with Crippen molar-refractivity contribution in [2.45, 2.75) is 0 Å². The second-order valence-electron chi connectivity index (χ2n) is 7.87. The molecule has 3 aromatic heterocycles. The average molecular weight is 458 g/mol. The molecule has 0 aliphatic carbocycles. The molecule has 6 rings (SSSR count). The normalized spacial score (nSPS) is 12.8. The van der Waals surface area contributed by atoms with E-state index in [1.165, 1.54) is 48.6 Å². The summed E-state index contributed by atoms with van der Waals surface area (Å²) in [6.45, 7) is 0. The molecule has 0 radical (unpaired) electrons. The average Bonchev–Trinajstić information content (AvgIpc) is 3.64. The summed E-state index contributed by atoms with van der Waals surface area (Å²) in [6.07, 6.45) is 4.27. The lowest BCUT2D eigenvalue weighted by atomic mass is 10.0. The Balaban J connectivity index is 1.72. The molecule has 0 saturated heterocycles. The maximum absolute atomic E-state index is 15.6. The van der Waals surface area contributed by atoms with E-state index in [0.29, 0.717) is 22.3 Å². The molecule has 0 amide bonds. The van der Waals surface area contributed by atoms with Crippen LogP contribution in [0.4, 0.5) is 17.6 Å². The van der Waals surface area contributed by atoms with E-state index < -0.39 is 23.3 Å². The third kappa shape index (κ3) is 3.31. The van der Waals surface area contributed by atoms with E-state index in [0.717, 1.165) is 0 Å². The first-order chi connectivity index (χ1) is 16.5. The van der Waals surface area contributed by atoms with Gasteiger partial charge in [-0.2, -0.15) is 0 Å². The summed E-state index contributed by atoms with van der Waals surface area (Å²) >= 11 is 0. The van der Waals surface area contributed by atoms with E-state index in [2.05, 4.69) is 19.9 Å². The first kappa shape index (κ1) is 20.2. The van der Waals surface area contributed by atoms with Crippen molar-refractivity contribution < 1.29 is 17.6 Å². The van der Waals surface area contributed by atoms with Crippen molar-refractivity contribution in [3.8, 4) is 0 Å². The van der Waals surface area contributed by atoms with Gasteiger partial charge in [-0.05, 0) is 66.3 Å². The van der Waals surface area contributed by atoms with Crippen molar-refractivity contribution in [2.75, 3.05) is 0 Å². The van der Waals surface area contributed by atoms with Gasteiger partial charge in [-0.15, -0.1) is 0 Å². The minimum Gasteiger partial charge on any atom is -0.353 e. The maximum Gasteiger partial charge on any atom is 0.175 e. The van der Waals surface area contributed by atoms with Crippen LogP contribution in [-0.2, 0) is 0 Å². The largest absolute Gasteiger partial charge is 0.353 e. The monoisotopic (exact) mass is 458 g/mol. The highest BCUT2D eigenvalue weighted by Crippen LogP contribution is 2.32. The zero-order valence-electron chi connectivity index (χ0n) is 17.3. The summed E-state index contributed by atoms with van der Waals surface area (Å²) in [7, 11) is 0. The second kappa shape index (κ2) is 7.55. The molecule has 4 nitrogen and oxygen atoms in total. The van der Waals surface area contributed by atoms with Crippen LogP contribution in [-0.4, -0.2) is 19.9 Å². The lowest BCUT2D eigenvalue weighted by molar-refractivity contribution is 0.608. The predicted molar refractivity (Wildman–Crippen MR) is 123 cm³/mol. The fourth-order valence-electron chi connectivity index (χ4n) is 4.00. The Labute approximate surface area is 190 Å². The molecule has 2 aliphatic heterocycles. The van der Waals surface area contributed by atoms with Crippen LogP contribution in [0.3, 0.4) is 0 Å². The summed E-state index contributed by atoms with van der Waals surface area (Å²) in [5.74, 6) is -2.61. The molecule has 8 heteroatoms. The number of nitrogens with one attached hydrogen (secondary N) is 2. The topological polar surface area (TPSA) is 57.4 Å². The van der Waals surface area contributed by atoms with Crippen LogP contribution < -0.4 is 0 Å². The molecule has 0 unspecified atom stereocenters. The third-order valence-corrected chi connectivity index (χ3v) is 5.63. The van der Waals surface area contributed by atoms with Crippen molar-refractivity contribution >= 4 is 45.9 Å². The highest BCUT2D eigenvalue weighted by atomic mass is 19.1. The fraction of sp³-hybridized carbons (Fsp3) is 0. The number of H-pyrrole nitrogens is 2. The van der Waals surface area contributed by atoms with Crippen molar-refractivity contribution in [1.82, 2.24) is 19.9 Å². The lowest BCUT2D eigenvalue weighted by Crippen LogP contribution is -1.94. The SMILES string of the molecule is Fc1cccc(C2=Cc3cc4ccc([nH]4)c(F)c4ccc([nH]4)c(F)c4nc(c(F)c2n3)C=C4)c1. The molecule has 4 aromatic rings. The van der Waals surface area contributed by atoms with Crippen molar-refractivity contribution in [2.24, 2.45) is 0 Å². The van der Waals surface area contributed by atoms with Crippen LogP contribution in [0.1, 0.15) is 28.3 Å². The van der Waals surface area contributed by atoms with E-state index in [1.807, 2.05) is 0 Å². The first-order valence-electron chi connectivity index (χ1n) is 10.4. The van der Waals surface area contributed by atoms with Gasteiger partial charge in [-0.1, -0.05) is 12.1 Å². The highest BCUT2D eigenvalue weighted by molar-refractivity contribution is 5.93. The van der Waals surface area contributed by atoms with Crippen LogP contribution in [0.15, 0.2) is 54.6 Å². The number of rotatable bonds is 1. The molecule has 0 atom stereocenters. The Bertz CT molecular complexity index is 1710. The van der Waals surface area contributed by atoms with Gasteiger partial charge in [0.2, 0.25) is 0 Å². The van der Waals surface area contributed by atoms with Crippen molar-refractivity contribution in [3.63, 3.8) is 0 Å². The van der Waals surface area contributed by atoms with Crippen molar-refractivity contribution in [1.29, 1.82) is 0 Å². The third-order valence-electron chi connectivity index (χ3n) is 5.63. The molecule has 0 fully saturated rings. The van der Waals surface area contributed by atoms with Crippen LogP contribution in [0.5, 0.6) is 0 Å². The van der Waals surface area contributed by atoms with Gasteiger partial charge in [0.1, 0.15) is 22.9 Å². The van der Waals surface area contributed by atoms with Gasteiger partial charge >= 0.3 is 0 Å². The Kier molecular flexibility index (Phi) is 4.48. The van der Waals surface area contributed by atoms with Crippen LogP contribution in [0, 0.1) is 23.3 Å². The first-order valence-corrected chi connectivity index (χ1v) is 10.4. The van der Waals surface area contributed by atoms with E-state index in [9.17, 15) is 4.39 Å². The fourth-order valence-corrected chi connectivity index (χ4v) is 4.00. The molecule has 1 aromatic carbocycles. The van der Waals surface area contributed by atoms with Gasteiger partial charge in [0, 0.05) is 11.1 Å². The smallest absolute Gasteiger partial charge is 0.175 e. The minimum atomic E-state index is -0.774. The standard InChI is InChI=1S/C26H14F4N4/c27-14-3-1-2-13(10-14)17-12-16-11-15-4-5-18(31-15)23(28)19-6-7-20(33-19)24(29)21-8-9-22(34-21)25(30)26(17)32-16/h1-12,31,33H. The summed E-state index contributed by atoms with van der Waals surface area (Å²) in [6, 6.07) is 13.3. The number of fused-ring (bicyclic) bond motifs is 8. The zero-order chi connectivity index (χ0) is 23.4. The van der Waals surface area contributed by atoms with Gasteiger partial charge in [0.15, 0.2) is 17.5 Å². The summed E-state index contributed by atoms with van der Waals surface area (Å²) < 4.78 is 59.6. The number of hydrogen-bond acceptors (Lipinski definition) is 2. The molecular weight excluding hydrogens is 444 g/mol. The quantitative estimate of drug-likeness (QED) is 0.272. The summed E-state index contributed by atoms with van der Waals surface area (Å²) in [5, 5.41) is 0. The Morgan fingerprint density at radius 2 is 1.35 bits per heavy atom. The predicted octanol–water partition coefficient (Wildman–Crippen LogP) is 6.63. The summed E-state index contributed by atoms with van der Waals surface area (Å²) in [5.41, 5.74) is 1.64. The number of halogens is 4. The molecular formula is C26H14F4N4. The molecule has 166 valence electrons. The number of aromatic nitrogens is 4. The van der Waals surface area contributed by atoms with Crippen LogP contribution in [0.25, 0.3) is 45.9 Å². The molecule has 2 aliphatic rings. The van der Waals surface area contributed by atoms with Gasteiger partial charge in [-0.3, -0.25) is 0 Å². The Morgan fingerprint density at radius 3 is 2.15 bits per heavy atom. The van der Waals surface area contributed by atoms with E-state index >= 15 is 13.2 Å². The van der Waals surface area contributed by atoms with E-state index in [1.54, 1.807) is 24.3 Å². The maximum atomic E-state index is 15.6. The van der Waals surface area contributed by atoms with Crippen molar-refractivity contribution in [3.05, 3.63) is 106 Å². The number of nitrogens with zero attached hydrogens (tertiary/aromatic N) is 2. The van der Waals surface area contributed by atoms with Crippen LogP contribution >= 0.6 is 0 Å². The molecule has 34 heavy (non-hydrogen) atoms. The Morgan fingerprint density at radius 1 is 0.647 bits per heavy atom. The Hall–Kier alpha value is -4.46. The van der Waals surface area contributed by atoms with Gasteiger partial charge < -0.3 is 9.97 Å². The van der Waals surface area contributed by atoms with Crippen LogP contribution in [0.2, 0.25) is 0 Å². The minimum absolute atomic E-state index is 0.00909. The molecule has 0 saturated carbocycles. The van der Waals surface area contributed by atoms with E-state index in [-0.39, 0.29) is 33.6 Å². The molecule has 5 heterocycles. The van der Waals surface area contributed by atoms with Gasteiger partial charge in [0.25, 0.3) is 0 Å². The van der Waals surface area contributed by atoms with Gasteiger partial charge in [-0.25, -0.2) is 27.5 Å². The summed E-state index contributed by atoms with van der Waals surface area (Å²) in [4.78, 5) is 14.1. The highest BCUT2D eigenvalue weighted by Gasteiger charge is 2.21. The second-order valence-corrected chi connectivity index (χ2v) is 7.87. The number of aromatic amines is 2. The molecule has 8 bridgehead atoms.